The van der Waals surface area contributed by atoms with E-state index in [-0.39, 0.29) is 11.8 Å². The van der Waals surface area contributed by atoms with Gasteiger partial charge in [-0.05, 0) is 70.1 Å². The van der Waals surface area contributed by atoms with Crippen LogP contribution in [0.5, 0.6) is 0 Å². The maximum Gasteiger partial charge on any atom is 0.243 e. The Morgan fingerprint density at radius 3 is 2.24 bits per heavy atom. The van der Waals surface area contributed by atoms with E-state index in [1.165, 1.54) is 4.31 Å². The third-order valence-electron chi connectivity index (χ3n) is 6.17. The van der Waals surface area contributed by atoms with Gasteiger partial charge >= 0.3 is 0 Å². The minimum absolute atomic E-state index is 0.0929. The Balaban J connectivity index is 1.68. The van der Waals surface area contributed by atoms with Crippen molar-refractivity contribution < 1.29 is 13.2 Å². The number of carbonyl (C=O) groups is 1. The van der Waals surface area contributed by atoms with Crippen LogP contribution in [0.15, 0.2) is 47.4 Å². The monoisotopic (exact) mass is 491 g/mol. The molecule has 2 aromatic carbocycles. The van der Waals surface area contributed by atoms with Crippen molar-refractivity contribution in [1.82, 2.24) is 14.1 Å². The van der Waals surface area contributed by atoms with Gasteiger partial charge in [0.2, 0.25) is 15.9 Å². The fraction of sp³-hybridized carbons (Fsp3) is 0.480. The number of likely N-dealkylation sites (N-methyl/N-ethyl adjacent to an activating group) is 1. The fourth-order valence-corrected chi connectivity index (χ4v) is 6.03. The second-order valence-corrected chi connectivity index (χ2v) is 11.5. The van der Waals surface area contributed by atoms with Crippen molar-refractivity contribution in [1.29, 1.82) is 0 Å². The van der Waals surface area contributed by atoms with E-state index in [4.69, 9.17) is 11.6 Å². The highest BCUT2D eigenvalue weighted by molar-refractivity contribution is 7.89. The van der Waals surface area contributed by atoms with Crippen molar-refractivity contribution >= 4 is 27.5 Å². The highest BCUT2D eigenvalue weighted by atomic mass is 35.5. The van der Waals surface area contributed by atoms with Gasteiger partial charge in [0.15, 0.2) is 0 Å². The molecule has 33 heavy (non-hydrogen) atoms. The Morgan fingerprint density at radius 1 is 1.03 bits per heavy atom. The number of carbonyl (C=O) groups excluding carboxylic acids is 1. The maximum atomic E-state index is 13.4. The molecule has 0 atom stereocenters. The molecule has 0 radical (unpaired) electrons. The zero-order valence-electron chi connectivity index (χ0n) is 19.9. The summed E-state index contributed by atoms with van der Waals surface area (Å²) >= 11 is 6.01. The van der Waals surface area contributed by atoms with Gasteiger partial charge in [-0.2, -0.15) is 4.31 Å². The highest BCUT2D eigenvalue weighted by Gasteiger charge is 2.34. The number of amides is 1. The number of halogens is 1. The molecule has 0 aliphatic carbocycles. The Morgan fingerprint density at radius 2 is 1.67 bits per heavy atom. The Bertz CT molecular complexity index is 1060. The molecule has 1 aliphatic rings. The van der Waals surface area contributed by atoms with Gasteiger partial charge in [-0.3, -0.25) is 4.79 Å². The molecule has 8 heteroatoms. The van der Waals surface area contributed by atoms with Crippen molar-refractivity contribution in [2.45, 2.75) is 38.1 Å². The summed E-state index contributed by atoms with van der Waals surface area (Å²) in [6, 6.07) is 13.0. The molecule has 6 nitrogen and oxygen atoms in total. The molecule has 2 aromatic rings. The van der Waals surface area contributed by atoms with Crippen LogP contribution >= 0.6 is 11.6 Å². The normalized spacial score (nSPS) is 15.7. The van der Waals surface area contributed by atoms with Crippen LogP contribution in [0, 0.1) is 19.8 Å². The van der Waals surface area contributed by atoms with Crippen LogP contribution < -0.4 is 0 Å². The summed E-state index contributed by atoms with van der Waals surface area (Å²) in [7, 11) is 0.411. The van der Waals surface area contributed by atoms with E-state index in [1.807, 2.05) is 69.2 Å². The lowest BCUT2D eigenvalue weighted by atomic mass is 9.96. The summed E-state index contributed by atoms with van der Waals surface area (Å²) in [6.07, 6.45) is 1.06. The maximum absolute atomic E-state index is 13.4. The summed E-state index contributed by atoms with van der Waals surface area (Å²) < 4.78 is 27.9. The van der Waals surface area contributed by atoms with Crippen LogP contribution in [0.2, 0.25) is 5.02 Å². The molecule has 1 amide bonds. The predicted molar refractivity (Wildman–Crippen MR) is 133 cm³/mol. The van der Waals surface area contributed by atoms with Crippen molar-refractivity contribution in [2.75, 3.05) is 40.3 Å². The van der Waals surface area contributed by atoms with E-state index in [0.29, 0.717) is 48.9 Å². The van der Waals surface area contributed by atoms with Gasteiger partial charge in [0, 0.05) is 43.7 Å². The van der Waals surface area contributed by atoms with Crippen LogP contribution in [-0.4, -0.2) is 68.7 Å². The lowest BCUT2D eigenvalue weighted by Gasteiger charge is -2.34. The van der Waals surface area contributed by atoms with Crippen molar-refractivity contribution in [3.05, 3.63) is 64.2 Å². The van der Waals surface area contributed by atoms with Crippen molar-refractivity contribution in [3.8, 4) is 0 Å². The number of hydrogen-bond donors (Lipinski definition) is 0. The SMILES string of the molecule is Cc1ccc(S(=O)(=O)N2CCC(C(=O)N(CCN(C)C)Cc3ccc(Cl)cc3)CC2)c(C)c1. The third kappa shape index (κ3) is 6.57. The lowest BCUT2D eigenvalue weighted by Crippen LogP contribution is -2.45. The van der Waals surface area contributed by atoms with Gasteiger partial charge < -0.3 is 9.80 Å². The first-order valence-electron chi connectivity index (χ1n) is 11.3. The second-order valence-electron chi connectivity index (χ2n) is 9.14. The summed E-state index contributed by atoms with van der Waals surface area (Å²) in [6.45, 7) is 6.39. The average Bonchev–Trinajstić information content (AvgIpc) is 2.77. The largest absolute Gasteiger partial charge is 0.337 e. The van der Waals surface area contributed by atoms with E-state index in [1.54, 1.807) is 6.07 Å². The first-order valence-corrected chi connectivity index (χ1v) is 13.1. The third-order valence-corrected chi connectivity index (χ3v) is 8.48. The molecule has 1 aliphatic heterocycles. The first kappa shape index (κ1) is 25.7. The van der Waals surface area contributed by atoms with Gasteiger partial charge in [0.25, 0.3) is 0 Å². The van der Waals surface area contributed by atoms with Crippen LogP contribution in [0.4, 0.5) is 0 Å². The Kier molecular flexibility index (Phi) is 8.56. The molecule has 0 unspecified atom stereocenters. The number of benzene rings is 2. The minimum atomic E-state index is -3.56. The zero-order valence-corrected chi connectivity index (χ0v) is 21.5. The van der Waals surface area contributed by atoms with E-state index in [2.05, 4.69) is 4.90 Å². The van der Waals surface area contributed by atoms with E-state index >= 15 is 0 Å². The van der Waals surface area contributed by atoms with Gasteiger partial charge in [0.05, 0.1) is 4.90 Å². The van der Waals surface area contributed by atoms with Gasteiger partial charge in [-0.25, -0.2) is 8.42 Å². The number of sulfonamides is 1. The van der Waals surface area contributed by atoms with Crippen molar-refractivity contribution in [2.24, 2.45) is 5.92 Å². The van der Waals surface area contributed by atoms with Crippen LogP contribution in [0.1, 0.15) is 29.5 Å². The number of piperidine rings is 1. The highest BCUT2D eigenvalue weighted by Crippen LogP contribution is 2.27. The smallest absolute Gasteiger partial charge is 0.243 e. The number of hydrogen-bond acceptors (Lipinski definition) is 4. The number of nitrogens with zero attached hydrogens (tertiary/aromatic N) is 3. The first-order chi connectivity index (χ1) is 15.6. The van der Waals surface area contributed by atoms with Gasteiger partial charge in [-0.1, -0.05) is 41.4 Å². The fourth-order valence-electron chi connectivity index (χ4n) is 4.23. The van der Waals surface area contributed by atoms with E-state index in [9.17, 15) is 13.2 Å². The summed E-state index contributed by atoms with van der Waals surface area (Å²) in [5, 5.41) is 0.669. The summed E-state index contributed by atoms with van der Waals surface area (Å²) in [5.74, 6) is -0.0830. The van der Waals surface area contributed by atoms with Crippen LogP contribution in [0.25, 0.3) is 0 Å². The zero-order chi connectivity index (χ0) is 24.2. The molecular weight excluding hydrogens is 458 g/mol. The molecule has 0 spiro atoms. The van der Waals surface area contributed by atoms with Gasteiger partial charge in [-0.15, -0.1) is 0 Å². The van der Waals surface area contributed by atoms with E-state index in [0.717, 1.165) is 23.2 Å². The second kappa shape index (κ2) is 11.0. The molecule has 180 valence electrons. The Labute approximate surface area is 203 Å². The number of rotatable bonds is 8. The molecule has 0 bridgehead atoms. The summed E-state index contributed by atoms with van der Waals surface area (Å²) in [5.41, 5.74) is 2.82. The van der Waals surface area contributed by atoms with Gasteiger partial charge in [0.1, 0.15) is 0 Å². The number of aryl methyl sites for hydroxylation is 2. The van der Waals surface area contributed by atoms with Crippen molar-refractivity contribution in [3.63, 3.8) is 0 Å². The minimum Gasteiger partial charge on any atom is -0.337 e. The molecule has 0 aromatic heterocycles. The molecule has 0 N–H and O–H groups in total. The van der Waals surface area contributed by atoms with Crippen LogP contribution in [0.3, 0.4) is 0 Å². The summed E-state index contributed by atoms with van der Waals surface area (Å²) in [4.78, 5) is 17.7. The quantitative estimate of drug-likeness (QED) is 0.561. The average molecular weight is 492 g/mol. The molecule has 1 fully saturated rings. The van der Waals surface area contributed by atoms with Crippen LogP contribution in [-0.2, 0) is 21.4 Å². The standard InChI is InChI=1S/C25H34ClN3O3S/c1-19-5-10-24(20(2)17-19)33(31,32)29-13-11-22(12-14-29)25(30)28(16-15-27(3)4)18-21-6-8-23(26)9-7-21/h5-10,17,22H,11-16,18H2,1-4H3. The topological polar surface area (TPSA) is 60.9 Å². The predicted octanol–water partition coefficient (Wildman–Crippen LogP) is 3.95. The molecule has 0 saturated carbocycles. The Hall–Kier alpha value is -1.93. The molecule has 1 heterocycles. The lowest BCUT2D eigenvalue weighted by molar-refractivity contribution is -0.137. The molecular formula is C25H34ClN3O3S. The molecule has 3 rings (SSSR count). The molecule has 1 saturated heterocycles. The van der Waals surface area contributed by atoms with E-state index < -0.39 is 10.0 Å².